The summed E-state index contributed by atoms with van der Waals surface area (Å²) in [6.45, 7) is 6.65. The molecule has 0 saturated carbocycles. The quantitative estimate of drug-likeness (QED) is 0.552. The molecule has 0 aliphatic heterocycles. The smallest absolute Gasteiger partial charge is 0.358 e. The van der Waals surface area contributed by atoms with Crippen LogP contribution in [0.2, 0.25) is 0 Å². The van der Waals surface area contributed by atoms with E-state index in [0.717, 1.165) is 11.1 Å². The molecule has 0 bridgehead atoms. The number of benzene rings is 1. The van der Waals surface area contributed by atoms with Gasteiger partial charge in [-0.3, -0.25) is 4.57 Å². The van der Waals surface area contributed by atoms with Gasteiger partial charge in [-0.05, 0) is 34.7 Å². The average Bonchev–Trinajstić information content (AvgIpc) is 3.09. The molecular weight excluding hydrogens is 381 g/mol. The maximum Gasteiger partial charge on any atom is 0.358 e. The first-order chi connectivity index (χ1) is 13.1. The first kappa shape index (κ1) is 22.3. The zero-order valence-electron chi connectivity index (χ0n) is 17.2. The van der Waals surface area contributed by atoms with Gasteiger partial charge >= 0.3 is 13.6 Å². The summed E-state index contributed by atoms with van der Waals surface area (Å²) in [4.78, 5) is 12.0. The number of methoxy groups -OCH3 is 1. The molecule has 0 saturated heterocycles. The number of nitrogens with zero attached hydrogens (tertiary/aromatic N) is 2. The first-order valence-electron chi connectivity index (χ1n) is 8.79. The summed E-state index contributed by atoms with van der Waals surface area (Å²) >= 11 is 0. The van der Waals surface area contributed by atoms with E-state index in [9.17, 15) is 9.36 Å². The normalized spacial score (nSPS) is 12.2. The number of hydrogen-bond donors (Lipinski definition) is 1. The molecule has 8 nitrogen and oxygen atoms in total. The molecule has 0 unspecified atom stereocenters. The minimum atomic E-state index is -3.38. The maximum absolute atomic E-state index is 12.7. The molecule has 154 valence electrons. The highest BCUT2D eigenvalue weighted by atomic mass is 31.2. The molecule has 9 heteroatoms. The Hall–Kier alpha value is -1.99. The van der Waals surface area contributed by atoms with Gasteiger partial charge in [-0.1, -0.05) is 26.8 Å². The van der Waals surface area contributed by atoms with Crippen molar-refractivity contribution in [2.45, 2.75) is 38.9 Å². The van der Waals surface area contributed by atoms with Crippen LogP contribution in [0.5, 0.6) is 0 Å². The Morgan fingerprint density at radius 1 is 1.14 bits per heavy atom. The second-order valence-electron chi connectivity index (χ2n) is 7.40. The highest BCUT2D eigenvalue weighted by Gasteiger charge is 2.27. The third-order valence-electron chi connectivity index (χ3n) is 4.41. The van der Waals surface area contributed by atoms with Crippen LogP contribution in [0.1, 0.15) is 48.1 Å². The molecule has 0 atom stereocenters. The molecule has 1 aromatic carbocycles. The highest BCUT2D eigenvalue weighted by molar-refractivity contribution is 7.52. The summed E-state index contributed by atoms with van der Waals surface area (Å²) in [6, 6.07) is 7.43. The van der Waals surface area contributed by atoms with E-state index in [1.54, 1.807) is 4.68 Å². The Bertz CT molecular complexity index is 893. The molecule has 2 N–H and O–H groups in total. The molecule has 1 aromatic heterocycles. The molecular formula is C19H28N3O5P. The number of carbonyl (C=O) groups excluding carboxylic acids is 1. The van der Waals surface area contributed by atoms with Crippen LogP contribution >= 0.6 is 7.60 Å². The van der Waals surface area contributed by atoms with Gasteiger partial charge in [-0.15, -0.1) is 0 Å². The lowest BCUT2D eigenvalue weighted by Gasteiger charge is -2.22. The van der Waals surface area contributed by atoms with Crippen LogP contribution < -0.4 is 5.73 Å². The zero-order valence-corrected chi connectivity index (χ0v) is 18.1. The van der Waals surface area contributed by atoms with Crippen LogP contribution in [0, 0.1) is 0 Å². The number of nitrogens with two attached hydrogens (primary N) is 1. The largest absolute Gasteiger partial charge is 0.464 e. The summed E-state index contributed by atoms with van der Waals surface area (Å²) in [7, 11) is 0.541. The summed E-state index contributed by atoms with van der Waals surface area (Å²) in [5, 5.41) is 4.37. The van der Waals surface area contributed by atoms with Gasteiger partial charge in [0.1, 0.15) is 0 Å². The van der Waals surface area contributed by atoms with Crippen LogP contribution in [0.25, 0.3) is 5.69 Å². The van der Waals surface area contributed by atoms with Gasteiger partial charge in [0.15, 0.2) is 5.69 Å². The molecule has 0 aliphatic carbocycles. The minimum absolute atomic E-state index is 0.0539. The molecule has 0 radical (unpaired) electrons. The highest BCUT2D eigenvalue weighted by Crippen LogP contribution is 2.50. The van der Waals surface area contributed by atoms with Gasteiger partial charge in [0.25, 0.3) is 0 Å². The van der Waals surface area contributed by atoms with E-state index >= 15 is 0 Å². The standard InChI is InChI=1S/C19H28N3O5P/c1-19(2,3)14-7-13(11-20)8-15(9-14)22-16(12-28(24,26-5)27-6)10-17(21-22)18(23)25-4/h7-10H,11-12,20H2,1-6H3. The van der Waals surface area contributed by atoms with E-state index in [4.69, 9.17) is 19.5 Å². The Morgan fingerprint density at radius 3 is 2.29 bits per heavy atom. The van der Waals surface area contributed by atoms with Crippen molar-refractivity contribution >= 4 is 13.6 Å². The summed E-state index contributed by atoms with van der Waals surface area (Å²) < 4.78 is 29.1. The molecule has 2 rings (SSSR count). The van der Waals surface area contributed by atoms with E-state index in [1.807, 2.05) is 18.2 Å². The fraction of sp³-hybridized carbons (Fsp3) is 0.474. The molecule has 2 aromatic rings. The lowest BCUT2D eigenvalue weighted by atomic mass is 9.86. The topological polar surface area (TPSA) is 106 Å². The van der Waals surface area contributed by atoms with Gasteiger partial charge in [-0.25, -0.2) is 9.48 Å². The predicted molar refractivity (Wildman–Crippen MR) is 107 cm³/mol. The molecule has 0 aliphatic rings. The van der Waals surface area contributed by atoms with E-state index in [2.05, 4.69) is 25.9 Å². The SMILES string of the molecule is COC(=O)c1cc(CP(=O)(OC)OC)n(-c2cc(CN)cc(C(C)(C)C)c2)n1. The van der Waals surface area contributed by atoms with Crippen molar-refractivity contribution in [3.63, 3.8) is 0 Å². The van der Waals surface area contributed by atoms with Crippen LogP contribution in [0.4, 0.5) is 0 Å². The van der Waals surface area contributed by atoms with Crippen LogP contribution in [-0.2, 0) is 36.5 Å². The first-order valence-corrected chi connectivity index (χ1v) is 10.5. The van der Waals surface area contributed by atoms with Gasteiger partial charge in [-0.2, -0.15) is 5.10 Å². The fourth-order valence-electron chi connectivity index (χ4n) is 2.71. The van der Waals surface area contributed by atoms with Gasteiger partial charge < -0.3 is 19.5 Å². The van der Waals surface area contributed by atoms with Crippen molar-refractivity contribution < 1.29 is 23.1 Å². The van der Waals surface area contributed by atoms with Crippen LogP contribution in [-0.4, -0.2) is 37.1 Å². The third-order valence-corrected chi connectivity index (χ3v) is 6.24. The van der Waals surface area contributed by atoms with E-state index < -0.39 is 13.6 Å². The Kier molecular flexibility index (Phi) is 6.83. The minimum Gasteiger partial charge on any atom is -0.464 e. The summed E-state index contributed by atoms with van der Waals surface area (Å²) in [5.74, 6) is -0.587. The van der Waals surface area contributed by atoms with Gasteiger partial charge in [0.2, 0.25) is 0 Å². The molecule has 1 heterocycles. The van der Waals surface area contributed by atoms with Crippen molar-refractivity contribution in [3.05, 3.63) is 46.8 Å². The molecule has 0 fully saturated rings. The lowest BCUT2D eigenvalue weighted by molar-refractivity contribution is 0.0593. The van der Waals surface area contributed by atoms with Crippen molar-refractivity contribution in [2.24, 2.45) is 5.73 Å². The molecule has 28 heavy (non-hydrogen) atoms. The van der Waals surface area contributed by atoms with Crippen molar-refractivity contribution in [2.75, 3.05) is 21.3 Å². The summed E-state index contributed by atoms with van der Waals surface area (Å²) in [6.07, 6.45) is -0.0539. The number of ether oxygens (including phenoxy) is 1. The summed E-state index contributed by atoms with van der Waals surface area (Å²) in [5.41, 5.74) is 9.05. The van der Waals surface area contributed by atoms with Gasteiger partial charge in [0.05, 0.1) is 24.7 Å². The van der Waals surface area contributed by atoms with E-state index in [0.29, 0.717) is 17.9 Å². The predicted octanol–water partition coefficient (Wildman–Crippen LogP) is 3.40. The zero-order chi connectivity index (χ0) is 21.1. The van der Waals surface area contributed by atoms with E-state index in [-0.39, 0.29) is 17.3 Å². The second-order valence-corrected chi connectivity index (χ2v) is 9.67. The Balaban J connectivity index is 2.68. The fourth-order valence-corrected chi connectivity index (χ4v) is 3.74. The van der Waals surface area contributed by atoms with Crippen LogP contribution in [0.3, 0.4) is 0 Å². The van der Waals surface area contributed by atoms with E-state index in [1.165, 1.54) is 27.4 Å². The molecule has 0 spiro atoms. The second kappa shape index (κ2) is 8.57. The number of hydrogen-bond acceptors (Lipinski definition) is 7. The monoisotopic (exact) mass is 409 g/mol. The lowest BCUT2D eigenvalue weighted by Crippen LogP contribution is -2.14. The number of carbonyl (C=O) groups is 1. The van der Waals surface area contributed by atoms with Crippen LogP contribution in [0.15, 0.2) is 24.3 Å². The third kappa shape index (κ3) is 4.89. The average molecular weight is 409 g/mol. The number of aromatic nitrogens is 2. The Labute approximate surface area is 165 Å². The molecule has 0 amide bonds. The number of rotatable bonds is 7. The Morgan fingerprint density at radius 2 is 1.79 bits per heavy atom. The number of esters is 1. The van der Waals surface area contributed by atoms with Crippen molar-refractivity contribution in [3.8, 4) is 5.69 Å². The van der Waals surface area contributed by atoms with Gasteiger partial charge in [0, 0.05) is 20.8 Å². The van der Waals surface area contributed by atoms with Crippen molar-refractivity contribution in [1.82, 2.24) is 9.78 Å². The van der Waals surface area contributed by atoms with Crippen molar-refractivity contribution in [1.29, 1.82) is 0 Å². The maximum atomic E-state index is 12.7.